The van der Waals surface area contributed by atoms with Crippen molar-refractivity contribution in [3.63, 3.8) is 0 Å². The molecule has 0 radical (unpaired) electrons. The van der Waals surface area contributed by atoms with Gasteiger partial charge in [-0.3, -0.25) is 14.6 Å². The largest absolute Gasteiger partial charge is 0.493 e. The van der Waals surface area contributed by atoms with Crippen LogP contribution in [0.3, 0.4) is 0 Å². The van der Waals surface area contributed by atoms with E-state index in [-0.39, 0.29) is 18.4 Å². The molecule has 5 rings (SSSR count). The first kappa shape index (κ1) is 32.0. The molecule has 1 fully saturated rings. The van der Waals surface area contributed by atoms with E-state index in [1.165, 1.54) is 12.4 Å². The molecular weight excluding hydrogens is 580 g/mol. The summed E-state index contributed by atoms with van der Waals surface area (Å²) in [6.07, 6.45) is 18.7. The van der Waals surface area contributed by atoms with E-state index in [4.69, 9.17) is 15.9 Å². The number of nitrogens with zero attached hydrogens (tertiary/aromatic N) is 4. The maximum atomic E-state index is 13.1. The number of aromatic nitrogens is 3. The number of ether oxygens (including phenoxy) is 2. The average Bonchev–Trinajstić information content (AvgIpc) is 3.10. The van der Waals surface area contributed by atoms with Crippen LogP contribution in [0.15, 0.2) is 73.3 Å². The van der Waals surface area contributed by atoms with Crippen LogP contribution in [0.4, 0.5) is 11.5 Å². The quantitative estimate of drug-likeness (QED) is 0.117. The number of unbranched alkanes of at least 4 members (excludes halogenated alkanes) is 1. The molecule has 10 heteroatoms. The monoisotopic (exact) mass is 618 g/mol. The number of hydrogen-bond acceptors (Lipinski definition) is 8. The molecular formula is C36H38N6O4. The van der Waals surface area contributed by atoms with Crippen molar-refractivity contribution in [1.29, 1.82) is 0 Å². The van der Waals surface area contributed by atoms with E-state index >= 15 is 0 Å². The minimum atomic E-state index is -0.101. The van der Waals surface area contributed by atoms with Gasteiger partial charge >= 0.3 is 0 Å². The summed E-state index contributed by atoms with van der Waals surface area (Å²) in [5.74, 6) is 4.55. The number of terminal acetylenes is 1. The lowest BCUT2D eigenvalue weighted by molar-refractivity contribution is -0.134. The van der Waals surface area contributed by atoms with Crippen LogP contribution in [0.5, 0.6) is 11.5 Å². The van der Waals surface area contributed by atoms with Crippen LogP contribution in [0.2, 0.25) is 0 Å². The number of fused-ring (bicyclic) bond motifs is 1. The van der Waals surface area contributed by atoms with E-state index in [9.17, 15) is 9.59 Å². The lowest BCUT2D eigenvalue weighted by Crippen LogP contribution is -2.41. The summed E-state index contributed by atoms with van der Waals surface area (Å²) in [7, 11) is 1.56. The first-order valence-electron chi connectivity index (χ1n) is 15.5. The fraction of sp³-hybridized carbons (Fsp3) is 0.306. The fourth-order valence-electron chi connectivity index (χ4n) is 5.44. The van der Waals surface area contributed by atoms with Crippen molar-refractivity contribution in [2.75, 3.05) is 38.7 Å². The van der Waals surface area contributed by atoms with E-state index in [0.717, 1.165) is 54.3 Å². The van der Waals surface area contributed by atoms with Gasteiger partial charge in [0.2, 0.25) is 5.91 Å². The van der Waals surface area contributed by atoms with Gasteiger partial charge in [0.25, 0.3) is 5.91 Å². The van der Waals surface area contributed by atoms with Gasteiger partial charge in [-0.15, -0.1) is 6.42 Å². The second-order valence-corrected chi connectivity index (χ2v) is 11.1. The van der Waals surface area contributed by atoms with Crippen molar-refractivity contribution < 1.29 is 19.1 Å². The van der Waals surface area contributed by atoms with Gasteiger partial charge in [-0.1, -0.05) is 30.9 Å². The van der Waals surface area contributed by atoms with E-state index < -0.39 is 0 Å². The van der Waals surface area contributed by atoms with Gasteiger partial charge in [-0.2, -0.15) is 0 Å². The maximum absolute atomic E-state index is 13.1. The Morgan fingerprint density at radius 3 is 2.74 bits per heavy atom. The maximum Gasteiger partial charge on any atom is 0.260 e. The number of amides is 2. The van der Waals surface area contributed by atoms with Crippen LogP contribution in [-0.2, 0) is 9.59 Å². The average molecular weight is 619 g/mol. The van der Waals surface area contributed by atoms with Crippen molar-refractivity contribution in [3.05, 3.63) is 84.5 Å². The Balaban J connectivity index is 1.07. The van der Waals surface area contributed by atoms with Gasteiger partial charge in [0.05, 0.1) is 12.6 Å². The van der Waals surface area contributed by atoms with Gasteiger partial charge in [-0.25, -0.2) is 9.97 Å². The van der Waals surface area contributed by atoms with Crippen molar-refractivity contribution in [1.82, 2.24) is 25.2 Å². The van der Waals surface area contributed by atoms with Crippen LogP contribution >= 0.6 is 0 Å². The van der Waals surface area contributed by atoms with Crippen LogP contribution in [0.1, 0.15) is 43.2 Å². The second-order valence-electron chi connectivity index (χ2n) is 11.1. The van der Waals surface area contributed by atoms with Gasteiger partial charge < -0.3 is 25.0 Å². The molecule has 0 saturated carbocycles. The Morgan fingerprint density at radius 2 is 1.96 bits per heavy atom. The predicted molar refractivity (Wildman–Crippen MR) is 179 cm³/mol. The molecule has 1 aliphatic rings. The summed E-state index contributed by atoms with van der Waals surface area (Å²) in [6, 6.07) is 14.8. The highest BCUT2D eigenvalue weighted by Crippen LogP contribution is 2.35. The molecule has 0 bridgehead atoms. The molecule has 0 atom stereocenters. The number of nitrogens with one attached hydrogen (secondary N) is 2. The Bertz CT molecular complexity index is 1710. The molecule has 2 aromatic carbocycles. The van der Waals surface area contributed by atoms with E-state index in [1.54, 1.807) is 37.7 Å². The Kier molecular flexibility index (Phi) is 11.2. The highest BCUT2D eigenvalue weighted by molar-refractivity contribution is 5.93. The molecule has 3 heterocycles. The molecule has 1 aliphatic heterocycles. The molecule has 0 unspecified atom stereocenters. The third kappa shape index (κ3) is 8.82. The normalized spacial score (nSPS) is 13.3. The Labute approximate surface area is 269 Å². The van der Waals surface area contributed by atoms with Crippen molar-refractivity contribution >= 4 is 40.3 Å². The number of anilines is 2. The Morgan fingerprint density at radius 1 is 1.09 bits per heavy atom. The van der Waals surface area contributed by atoms with Crippen LogP contribution in [0.25, 0.3) is 17.0 Å². The number of likely N-dealkylation sites (tertiary alicyclic amines) is 1. The molecule has 1 saturated heterocycles. The topological polar surface area (TPSA) is 119 Å². The zero-order chi connectivity index (χ0) is 32.1. The van der Waals surface area contributed by atoms with Gasteiger partial charge in [0.15, 0.2) is 18.1 Å². The van der Waals surface area contributed by atoms with E-state index in [1.807, 2.05) is 41.3 Å². The summed E-state index contributed by atoms with van der Waals surface area (Å²) in [4.78, 5) is 39.8. The predicted octanol–water partition coefficient (Wildman–Crippen LogP) is 5.38. The second kappa shape index (κ2) is 16.0. The molecule has 2 aromatic heterocycles. The lowest BCUT2D eigenvalue weighted by atomic mass is 9.91. The first-order valence-corrected chi connectivity index (χ1v) is 15.5. The van der Waals surface area contributed by atoms with Gasteiger partial charge in [0, 0.05) is 60.8 Å². The third-order valence-corrected chi connectivity index (χ3v) is 7.98. The molecule has 0 aliphatic carbocycles. The molecule has 0 spiro atoms. The molecule has 4 aromatic rings. The summed E-state index contributed by atoms with van der Waals surface area (Å²) in [5.41, 5.74) is 3.11. The number of benzene rings is 2. The smallest absolute Gasteiger partial charge is 0.260 e. The molecule has 46 heavy (non-hydrogen) atoms. The zero-order valence-corrected chi connectivity index (χ0v) is 25.9. The van der Waals surface area contributed by atoms with Crippen LogP contribution in [-0.4, -0.2) is 65.0 Å². The molecule has 236 valence electrons. The number of carbonyl (C=O) groups is 2. The van der Waals surface area contributed by atoms with E-state index in [2.05, 4.69) is 31.5 Å². The first-order chi connectivity index (χ1) is 22.5. The van der Waals surface area contributed by atoms with Crippen LogP contribution in [0, 0.1) is 18.3 Å². The number of hydrogen-bond donors (Lipinski definition) is 2. The van der Waals surface area contributed by atoms with E-state index in [0.29, 0.717) is 48.4 Å². The minimum Gasteiger partial charge on any atom is -0.493 e. The minimum absolute atomic E-state index is 0.0589. The number of carbonyl (C=O) groups excluding carboxylic acids is 2. The molecule has 2 amide bonds. The van der Waals surface area contributed by atoms with Gasteiger partial charge in [-0.05, 0) is 67.2 Å². The highest BCUT2D eigenvalue weighted by atomic mass is 16.5. The zero-order valence-electron chi connectivity index (χ0n) is 25.9. The third-order valence-electron chi connectivity index (χ3n) is 7.98. The fourth-order valence-corrected chi connectivity index (χ4v) is 5.44. The van der Waals surface area contributed by atoms with Crippen molar-refractivity contribution in [2.45, 2.75) is 32.1 Å². The summed E-state index contributed by atoms with van der Waals surface area (Å²) < 4.78 is 11.6. The lowest BCUT2D eigenvalue weighted by Gasteiger charge is -2.32. The van der Waals surface area contributed by atoms with Crippen LogP contribution < -0.4 is 20.1 Å². The SMILES string of the molecule is C#Cc1cccc(Nc2ncnc3cc(OC)c(OCC(=O)N4CCC(CCCCNC(=O)/C=C/c5cccnc5)CC4)cc23)c1. The summed E-state index contributed by atoms with van der Waals surface area (Å²) >= 11 is 0. The number of methoxy groups -OCH3 is 1. The van der Waals surface area contributed by atoms with Crippen molar-refractivity contribution in [3.8, 4) is 23.8 Å². The van der Waals surface area contributed by atoms with Gasteiger partial charge in [0.1, 0.15) is 12.1 Å². The number of pyridine rings is 1. The highest BCUT2D eigenvalue weighted by Gasteiger charge is 2.23. The van der Waals surface area contributed by atoms with Crippen molar-refractivity contribution in [2.24, 2.45) is 5.92 Å². The standard InChI is InChI=1S/C36H38N6O4/c1-3-26-9-6-11-29(20-26)41-36-30-21-33(32(45-2)22-31(30)39-25-40-36)46-24-35(44)42-18-14-27(15-19-42)8-4-5-17-38-34(43)13-12-28-10-7-16-37-23-28/h1,6-7,9-13,16,20-23,25,27H,4-5,8,14-15,17-19,24H2,2H3,(H,38,43)(H,39,40,41)/b13-12+. The molecule has 10 nitrogen and oxygen atoms in total. The number of rotatable bonds is 13. The summed E-state index contributed by atoms with van der Waals surface area (Å²) in [5, 5.41) is 6.96. The number of piperidine rings is 1. The summed E-state index contributed by atoms with van der Waals surface area (Å²) in [6.45, 7) is 1.96. The Hall–Kier alpha value is -5.43. The molecule has 2 N–H and O–H groups in total.